The molecule has 0 aliphatic rings. The molecule has 3 heteroatoms. The van der Waals surface area contributed by atoms with Crippen molar-refractivity contribution < 1.29 is 0 Å². The van der Waals surface area contributed by atoms with Crippen molar-refractivity contribution in [1.82, 2.24) is 0 Å². The van der Waals surface area contributed by atoms with Crippen molar-refractivity contribution in [1.29, 1.82) is 0 Å². The Labute approximate surface area is 91.7 Å². The fraction of sp³-hybridized carbons (Fsp3) is 0. The number of hydrogen-bond donors (Lipinski definition) is 2. The maximum absolute atomic E-state index is 5.63. The lowest BCUT2D eigenvalue weighted by molar-refractivity contribution is 1.71. The summed E-state index contributed by atoms with van der Waals surface area (Å²) in [7, 11) is 0.658. The van der Waals surface area contributed by atoms with Crippen LogP contribution in [0.15, 0.2) is 48.5 Å². The molecule has 0 heterocycles. The van der Waals surface area contributed by atoms with Gasteiger partial charge in [0.15, 0.2) is 0 Å². The van der Waals surface area contributed by atoms with Crippen LogP contribution in [0.3, 0.4) is 0 Å². The Hall–Kier alpha value is -1.74. The number of nitrogens with two attached hydrogens (primary N) is 2. The molecular weight excluding hydrogens is 200 g/mol. The molecule has 2 rings (SSSR count). The van der Waals surface area contributed by atoms with E-state index in [1.165, 1.54) is 10.4 Å². The first-order valence-corrected chi connectivity index (χ1v) is 5.72. The molecule has 2 aromatic rings. The van der Waals surface area contributed by atoms with Crippen LogP contribution >= 0.6 is 0 Å². The molecule has 0 fully saturated rings. The fourth-order valence-electron chi connectivity index (χ4n) is 1.30. The third-order valence-electron chi connectivity index (χ3n) is 2.11. The lowest BCUT2D eigenvalue weighted by Crippen LogP contribution is -2.26. The van der Waals surface area contributed by atoms with E-state index in [0.717, 1.165) is 11.4 Å². The van der Waals surface area contributed by atoms with E-state index in [4.69, 9.17) is 11.5 Å². The third-order valence-corrected chi connectivity index (χ3v) is 3.35. The first-order valence-electron chi connectivity index (χ1n) is 4.72. The zero-order valence-corrected chi connectivity index (χ0v) is 9.27. The van der Waals surface area contributed by atoms with E-state index in [0.29, 0.717) is 9.52 Å². The molecule has 0 saturated carbocycles. The molecule has 2 aromatic carbocycles. The van der Waals surface area contributed by atoms with E-state index < -0.39 is 0 Å². The lowest BCUT2D eigenvalue weighted by atomic mass is 10.3. The Balaban J connectivity index is 2.15. The topological polar surface area (TPSA) is 52.0 Å². The molecule has 0 saturated heterocycles. The van der Waals surface area contributed by atoms with Crippen LogP contribution in [0, 0.1) is 0 Å². The van der Waals surface area contributed by atoms with Gasteiger partial charge in [0.2, 0.25) is 0 Å². The minimum atomic E-state index is 0.658. The van der Waals surface area contributed by atoms with Crippen molar-refractivity contribution in [2.75, 3.05) is 11.5 Å². The van der Waals surface area contributed by atoms with E-state index in [1.54, 1.807) is 0 Å². The predicted octanol–water partition coefficient (Wildman–Crippen LogP) is 0.506. The van der Waals surface area contributed by atoms with Crippen LogP contribution < -0.4 is 21.8 Å². The standard InChI is InChI=1S/C12H12N2Si/c13-9-1-5-11(6-2-9)15-12-7-3-10(14)4-8-12/h1-8H,13-14H2. The second kappa shape index (κ2) is 4.19. The molecular formula is C12H12N2Si. The Morgan fingerprint density at radius 3 is 1.27 bits per heavy atom. The van der Waals surface area contributed by atoms with Gasteiger partial charge in [-0.05, 0) is 24.3 Å². The van der Waals surface area contributed by atoms with Gasteiger partial charge in [-0.1, -0.05) is 34.6 Å². The Morgan fingerprint density at radius 2 is 0.933 bits per heavy atom. The molecule has 0 bridgehead atoms. The molecule has 2 radical (unpaired) electrons. The minimum Gasteiger partial charge on any atom is -0.399 e. The molecule has 15 heavy (non-hydrogen) atoms. The van der Waals surface area contributed by atoms with Gasteiger partial charge in [-0.15, -0.1) is 0 Å². The molecule has 0 amide bonds. The van der Waals surface area contributed by atoms with E-state index in [9.17, 15) is 0 Å². The van der Waals surface area contributed by atoms with Gasteiger partial charge in [0.05, 0.1) is 0 Å². The highest BCUT2D eigenvalue weighted by atomic mass is 28.2. The van der Waals surface area contributed by atoms with Crippen LogP contribution in [0.25, 0.3) is 0 Å². The third kappa shape index (κ3) is 2.60. The molecule has 74 valence electrons. The number of benzene rings is 2. The largest absolute Gasteiger partial charge is 0.399 e. The van der Waals surface area contributed by atoms with Gasteiger partial charge in [0, 0.05) is 11.4 Å². The summed E-state index contributed by atoms with van der Waals surface area (Å²) in [6.07, 6.45) is 0. The SMILES string of the molecule is Nc1ccc([Si]c2ccc(N)cc2)cc1. The van der Waals surface area contributed by atoms with Gasteiger partial charge in [0.25, 0.3) is 0 Å². The maximum atomic E-state index is 5.63. The summed E-state index contributed by atoms with van der Waals surface area (Å²) >= 11 is 0. The van der Waals surface area contributed by atoms with Crippen molar-refractivity contribution >= 4 is 31.3 Å². The smallest absolute Gasteiger partial charge is 0.121 e. The van der Waals surface area contributed by atoms with Crippen molar-refractivity contribution in [3.63, 3.8) is 0 Å². The molecule has 4 N–H and O–H groups in total. The molecule has 0 unspecified atom stereocenters. The van der Waals surface area contributed by atoms with Gasteiger partial charge >= 0.3 is 0 Å². The highest BCUT2D eigenvalue weighted by molar-refractivity contribution is 6.67. The van der Waals surface area contributed by atoms with E-state index in [-0.39, 0.29) is 0 Å². The quantitative estimate of drug-likeness (QED) is 0.563. The summed E-state index contributed by atoms with van der Waals surface area (Å²) in [4.78, 5) is 0. The normalized spacial score (nSPS) is 10.1. The number of rotatable bonds is 2. The number of hydrogen-bond acceptors (Lipinski definition) is 2. The lowest BCUT2D eigenvalue weighted by Gasteiger charge is -2.01. The summed E-state index contributed by atoms with van der Waals surface area (Å²) < 4.78 is 0. The van der Waals surface area contributed by atoms with Crippen LogP contribution in [0.2, 0.25) is 0 Å². The summed E-state index contributed by atoms with van der Waals surface area (Å²) in [6.45, 7) is 0. The molecule has 0 spiro atoms. The highest BCUT2D eigenvalue weighted by Crippen LogP contribution is 1.98. The van der Waals surface area contributed by atoms with E-state index in [1.807, 2.05) is 24.3 Å². The van der Waals surface area contributed by atoms with Crippen LogP contribution in [0.4, 0.5) is 11.4 Å². The second-order valence-corrected chi connectivity index (χ2v) is 4.77. The zero-order chi connectivity index (χ0) is 10.7. The highest BCUT2D eigenvalue weighted by Gasteiger charge is 1.97. The summed E-state index contributed by atoms with van der Waals surface area (Å²) in [5, 5.41) is 2.57. The Kier molecular flexibility index (Phi) is 2.74. The van der Waals surface area contributed by atoms with Gasteiger partial charge < -0.3 is 11.5 Å². The monoisotopic (exact) mass is 212 g/mol. The molecule has 0 aromatic heterocycles. The minimum absolute atomic E-state index is 0.658. The zero-order valence-electron chi connectivity index (χ0n) is 8.27. The van der Waals surface area contributed by atoms with Crippen LogP contribution in [0.5, 0.6) is 0 Å². The molecule has 0 atom stereocenters. The van der Waals surface area contributed by atoms with Crippen LogP contribution in [-0.2, 0) is 0 Å². The Bertz CT molecular complexity index is 391. The molecule has 0 aliphatic carbocycles. The molecule has 2 nitrogen and oxygen atoms in total. The summed E-state index contributed by atoms with van der Waals surface area (Å²) in [6, 6.07) is 16.0. The van der Waals surface area contributed by atoms with Crippen molar-refractivity contribution in [3.8, 4) is 0 Å². The van der Waals surface area contributed by atoms with Gasteiger partial charge in [-0.3, -0.25) is 0 Å². The van der Waals surface area contributed by atoms with Crippen molar-refractivity contribution in [2.24, 2.45) is 0 Å². The van der Waals surface area contributed by atoms with Gasteiger partial charge in [-0.25, -0.2) is 0 Å². The number of nitrogen functional groups attached to an aromatic ring is 2. The average molecular weight is 212 g/mol. The molecule has 0 aliphatic heterocycles. The fourth-order valence-corrected chi connectivity index (χ4v) is 2.30. The van der Waals surface area contributed by atoms with E-state index in [2.05, 4.69) is 24.3 Å². The average Bonchev–Trinajstić information content (AvgIpc) is 2.25. The van der Waals surface area contributed by atoms with E-state index >= 15 is 0 Å². The van der Waals surface area contributed by atoms with Crippen molar-refractivity contribution in [2.45, 2.75) is 0 Å². The maximum Gasteiger partial charge on any atom is 0.121 e. The van der Waals surface area contributed by atoms with Crippen LogP contribution in [0.1, 0.15) is 0 Å². The predicted molar refractivity (Wildman–Crippen MR) is 66.7 cm³/mol. The van der Waals surface area contributed by atoms with Crippen LogP contribution in [-0.4, -0.2) is 9.52 Å². The second-order valence-electron chi connectivity index (χ2n) is 3.37. The summed E-state index contributed by atoms with van der Waals surface area (Å²) in [5.74, 6) is 0. The number of anilines is 2. The van der Waals surface area contributed by atoms with Gasteiger partial charge in [-0.2, -0.15) is 0 Å². The van der Waals surface area contributed by atoms with Crippen molar-refractivity contribution in [3.05, 3.63) is 48.5 Å². The Morgan fingerprint density at radius 1 is 0.600 bits per heavy atom. The summed E-state index contributed by atoms with van der Waals surface area (Å²) in [5.41, 5.74) is 12.9. The first-order chi connectivity index (χ1) is 7.24. The van der Waals surface area contributed by atoms with Gasteiger partial charge in [0.1, 0.15) is 9.52 Å². The first kappa shape index (κ1) is 9.80.